The summed E-state index contributed by atoms with van der Waals surface area (Å²) < 4.78 is 22.9. The molecule has 0 atom stereocenters. The van der Waals surface area contributed by atoms with E-state index in [-0.39, 0.29) is 16.9 Å². The van der Waals surface area contributed by atoms with Crippen LogP contribution in [-0.4, -0.2) is 46.0 Å². The van der Waals surface area contributed by atoms with Crippen LogP contribution in [0.25, 0.3) is 0 Å². The van der Waals surface area contributed by atoms with Crippen LogP contribution in [0.5, 0.6) is 0 Å². The first kappa shape index (κ1) is 20.2. The van der Waals surface area contributed by atoms with Crippen molar-refractivity contribution in [3.63, 3.8) is 0 Å². The lowest BCUT2D eigenvalue weighted by Crippen LogP contribution is -2.43. The fourth-order valence-electron chi connectivity index (χ4n) is 1.95. The van der Waals surface area contributed by atoms with Gasteiger partial charge in [0.05, 0.1) is 5.75 Å². The van der Waals surface area contributed by atoms with Gasteiger partial charge in [-0.1, -0.05) is 47.0 Å². The molecule has 0 bridgehead atoms. The standard InChI is InChI=1S/C15H33N3O2S/c1-6-8-9-10-15(3,4)13-18-14(16-5)17-11-12-21(19,20)7-2/h6-13H2,1-5H3,(H2,16,17,18). The zero-order chi connectivity index (χ0) is 16.4. The Morgan fingerprint density at radius 2 is 1.81 bits per heavy atom. The van der Waals surface area contributed by atoms with Gasteiger partial charge in [-0.3, -0.25) is 4.99 Å². The molecule has 0 rings (SSSR count). The molecule has 2 N–H and O–H groups in total. The largest absolute Gasteiger partial charge is 0.356 e. The minimum Gasteiger partial charge on any atom is -0.356 e. The number of guanidine groups is 1. The smallest absolute Gasteiger partial charge is 0.191 e. The molecule has 0 heterocycles. The topological polar surface area (TPSA) is 70.6 Å². The SMILES string of the molecule is CCCCCC(C)(C)CNC(=NC)NCCS(=O)(=O)CC. The lowest BCUT2D eigenvalue weighted by Gasteiger charge is -2.26. The van der Waals surface area contributed by atoms with Crippen molar-refractivity contribution in [1.29, 1.82) is 0 Å². The lowest BCUT2D eigenvalue weighted by molar-refractivity contribution is 0.318. The Morgan fingerprint density at radius 1 is 1.14 bits per heavy atom. The normalized spacial score (nSPS) is 13.3. The summed E-state index contributed by atoms with van der Waals surface area (Å²) in [5.41, 5.74) is 0.211. The predicted molar refractivity (Wildman–Crippen MR) is 91.6 cm³/mol. The number of hydrogen-bond donors (Lipinski definition) is 2. The van der Waals surface area contributed by atoms with Gasteiger partial charge in [0.2, 0.25) is 0 Å². The van der Waals surface area contributed by atoms with Gasteiger partial charge < -0.3 is 10.6 Å². The first-order valence-corrected chi connectivity index (χ1v) is 9.73. The molecule has 0 spiro atoms. The monoisotopic (exact) mass is 319 g/mol. The molecule has 0 saturated carbocycles. The van der Waals surface area contributed by atoms with Crippen LogP contribution in [0.15, 0.2) is 4.99 Å². The van der Waals surface area contributed by atoms with Crippen LogP contribution < -0.4 is 10.6 Å². The van der Waals surface area contributed by atoms with E-state index < -0.39 is 9.84 Å². The van der Waals surface area contributed by atoms with E-state index in [1.807, 2.05) is 0 Å². The molecule has 6 heteroatoms. The molecule has 5 nitrogen and oxygen atoms in total. The summed E-state index contributed by atoms with van der Waals surface area (Å²) in [5.74, 6) is 1.000. The molecule has 0 unspecified atom stereocenters. The molecule has 0 aliphatic heterocycles. The Morgan fingerprint density at radius 3 is 2.33 bits per heavy atom. The first-order chi connectivity index (χ1) is 9.76. The number of rotatable bonds is 10. The second-order valence-electron chi connectivity index (χ2n) is 6.21. The quantitative estimate of drug-likeness (QED) is 0.368. The molecule has 0 saturated heterocycles. The highest BCUT2D eigenvalue weighted by Crippen LogP contribution is 2.22. The molecule has 0 fully saturated rings. The van der Waals surface area contributed by atoms with Gasteiger partial charge in [-0.25, -0.2) is 8.42 Å². The fraction of sp³-hybridized carbons (Fsp3) is 0.933. The minimum atomic E-state index is -2.93. The maximum atomic E-state index is 11.4. The van der Waals surface area contributed by atoms with Crippen molar-refractivity contribution >= 4 is 15.8 Å². The molecule has 0 radical (unpaired) electrons. The summed E-state index contributed by atoms with van der Waals surface area (Å²) in [7, 11) is -1.22. The molecule has 0 amide bonds. The van der Waals surface area contributed by atoms with Crippen LogP contribution >= 0.6 is 0 Å². The van der Waals surface area contributed by atoms with Crippen molar-refractivity contribution in [3.05, 3.63) is 0 Å². The van der Waals surface area contributed by atoms with E-state index in [9.17, 15) is 8.42 Å². The maximum absolute atomic E-state index is 11.4. The molecule has 0 aromatic heterocycles. The van der Waals surface area contributed by atoms with Crippen LogP contribution in [0.2, 0.25) is 0 Å². The summed E-state index contributed by atoms with van der Waals surface area (Å²) in [5, 5.41) is 6.34. The predicted octanol–water partition coefficient (Wildman–Crippen LogP) is 2.19. The first-order valence-electron chi connectivity index (χ1n) is 7.91. The number of unbranched alkanes of at least 4 members (excludes halogenated alkanes) is 2. The molecular weight excluding hydrogens is 286 g/mol. The average Bonchev–Trinajstić information content (AvgIpc) is 2.42. The van der Waals surface area contributed by atoms with Crippen LogP contribution in [0.1, 0.15) is 53.4 Å². The van der Waals surface area contributed by atoms with Crippen molar-refractivity contribution in [2.75, 3.05) is 31.6 Å². The molecule has 0 aromatic rings. The van der Waals surface area contributed by atoms with Gasteiger partial charge in [-0.2, -0.15) is 0 Å². The zero-order valence-electron chi connectivity index (χ0n) is 14.3. The third-order valence-corrected chi connectivity index (χ3v) is 5.27. The van der Waals surface area contributed by atoms with E-state index in [4.69, 9.17) is 0 Å². The molecule has 0 aliphatic carbocycles. The Balaban J connectivity index is 4.10. The van der Waals surface area contributed by atoms with Crippen LogP contribution in [-0.2, 0) is 9.84 Å². The number of hydrogen-bond acceptors (Lipinski definition) is 3. The highest BCUT2D eigenvalue weighted by Gasteiger charge is 2.17. The molecule has 126 valence electrons. The Kier molecular flexibility index (Phi) is 9.66. The van der Waals surface area contributed by atoms with Crippen molar-refractivity contribution in [2.24, 2.45) is 10.4 Å². The molecular formula is C15H33N3O2S. The molecule has 0 aromatic carbocycles. The van der Waals surface area contributed by atoms with E-state index >= 15 is 0 Å². The zero-order valence-corrected chi connectivity index (χ0v) is 15.1. The van der Waals surface area contributed by atoms with Crippen LogP contribution in [0, 0.1) is 5.41 Å². The summed E-state index contributed by atoms with van der Waals surface area (Å²) in [6, 6.07) is 0. The van der Waals surface area contributed by atoms with Gasteiger partial charge in [0.25, 0.3) is 0 Å². The van der Waals surface area contributed by atoms with Crippen LogP contribution in [0.3, 0.4) is 0 Å². The number of sulfone groups is 1. The van der Waals surface area contributed by atoms with Gasteiger partial charge >= 0.3 is 0 Å². The van der Waals surface area contributed by atoms with Crippen molar-refractivity contribution < 1.29 is 8.42 Å². The van der Waals surface area contributed by atoms with Gasteiger partial charge in [-0.15, -0.1) is 0 Å². The highest BCUT2D eigenvalue weighted by atomic mass is 32.2. The van der Waals surface area contributed by atoms with E-state index in [1.54, 1.807) is 14.0 Å². The number of aliphatic imine (C=N–C) groups is 1. The number of nitrogens with one attached hydrogen (secondary N) is 2. The Hall–Kier alpha value is -0.780. The lowest BCUT2D eigenvalue weighted by atomic mass is 9.87. The van der Waals surface area contributed by atoms with Crippen LogP contribution in [0.4, 0.5) is 0 Å². The summed E-state index contributed by atoms with van der Waals surface area (Å²) >= 11 is 0. The van der Waals surface area contributed by atoms with Gasteiger partial charge in [-0.05, 0) is 11.8 Å². The van der Waals surface area contributed by atoms with E-state index in [2.05, 4.69) is 36.4 Å². The van der Waals surface area contributed by atoms with E-state index in [0.717, 1.165) is 6.54 Å². The summed E-state index contributed by atoms with van der Waals surface area (Å²) in [6.45, 7) is 9.58. The summed E-state index contributed by atoms with van der Waals surface area (Å²) in [4.78, 5) is 4.13. The van der Waals surface area contributed by atoms with Crippen molar-refractivity contribution in [1.82, 2.24) is 10.6 Å². The third kappa shape index (κ3) is 10.6. The Labute approximate surface area is 130 Å². The number of nitrogens with zero attached hydrogens (tertiary/aromatic N) is 1. The van der Waals surface area contributed by atoms with Gasteiger partial charge in [0, 0.05) is 25.9 Å². The second kappa shape index (κ2) is 10.0. The van der Waals surface area contributed by atoms with Gasteiger partial charge in [0.15, 0.2) is 15.8 Å². The van der Waals surface area contributed by atoms with E-state index in [0.29, 0.717) is 12.5 Å². The molecule has 21 heavy (non-hydrogen) atoms. The second-order valence-corrected chi connectivity index (χ2v) is 8.68. The van der Waals surface area contributed by atoms with Gasteiger partial charge in [0.1, 0.15) is 0 Å². The average molecular weight is 320 g/mol. The maximum Gasteiger partial charge on any atom is 0.191 e. The Bertz CT molecular complexity index is 403. The third-order valence-electron chi connectivity index (χ3n) is 3.56. The van der Waals surface area contributed by atoms with Crippen molar-refractivity contribution in [2.45, 2.75) is 53.4 Å². The van der Waals surface area contributed by atoms with E-state index in [1.165, 1.54) is 25.7 Å². The molecule has 0 aliphatic rings. The summed E-state index contributed by atoms with van der Waals surface area (Å²) in [6.07, 6.45) is 4.92. The highest BCUT2D eigenvalue weighted by molar-refractivity contribution is 7.91. The van der Waals surface area contributed by atoms with Crippen molar-refractivity contribution in [3.8, 4) is 0 Å². The minimum absolute atomic E-state index is 0.143. The fourth-order valence-corrected chi connectivity index (χ4v) is 2.66.